The number of benzene rings is 2. The predicted molar refractivity (Wildman–Crippen MR) is 96.4 cm³/mol. The molecule has 8 nitrogen and oxygen atoms in total. The largest absolute Gasteiger partial charge is 0.478 e. The number of nitro groups is 1. The molecule has 0 aromatic heterocycles. The van der Waals surface area contributed by atoms with Crippen molar-refractivity contribution in [2.75, 3.05) is 11.9 Å². The minimum absolute atomic E-state index is 0.00133. The number of nitro benzene ring substituents is 1. The molecule has 0 saturated carbocycles. The molecule has 0 fully saturated rings. The Morgan fingerprint density at radius 3 is 2.70 bits per heavy atom. The second-order valence-electron chi connectivity index (χ2n) is 6.10. The summed E-state index contributed by atoms with van der Waals surface area (Å²) >= 11 is 0. The third-order valence-corrected chi connectivity index (χ3v) is 4.24. The number of ether oxygens (including phenoxy) is 2. The zero-order chi connectivity index (χ0) is 19.4. The minimum atomic E-state index is -0.895. The standard InChI is InChI=1S/C19H18N2O6/c1-20-15-8-7-14(21(24)25)11-17(15)27-16(19(20)23)9-10-18(22)26-12-13-5-3-2-4-6-13/h2-8,11,16H,9-10,12H2,1H3/t16-/m1/s1. The molecule has 0 unspecified atom stereocenters. The van der Waals surface area contributed by atoms with E-state index in [-0.39, 0.29) is 36.8 Å². The first-order valence-electron chi connectivity index (χ1n) is 8.38. The topological polar surface area (TPSA) is 99.0 Å². The van der Waals surface area contributed by atoms with Gasteiger partial charge in [-0.25, -0.2) is 0 Å². The first-order chi connectivity index (χ1) is 13.0. The van der Waals surface area contributed by atoms with Gasteiger partial charge >= 0.3 is 5.97 Å². The van der Waals surface area contributed by atoms with Crippen LogP contribution in [0.3, 0.4) is 0 Å². The molecule has 2 aromatic rings. The van der Waals surface area contributed by atoms with Crippen molar-refractivity contribution < 1.29 is 24.0 Å². The second-order valence-corrected chi connectivity index (χ2v) is 6.10. The molecule has 0 aliphatic carbocycles. The fourth-order valence-electron chi connectivity index (χ4n) is 2.77. The summed E-state index contributed by atoms with van der Waals surface area (Å²) in [6.07, 6.45) is -0.769. The van der Waals surface area contributed by atoms with Crippen molar-refractivity contribution >= 4 is 23.3 Å². The number of nitrogens with zero attached hydrogens (tertiary/aromatic N) is 2. The Hall–Kier alpha value is -3.42. The summed E-state index contributed by atoms with van der Waals surface area (Å²) in [6, 6.07) is 13.3. The molecule has 0 saturated heterocycles. The average Bonchev–Trinajstić information content (AvgIpc) is 2.68. The summed E-state index contributed by atoms with van der Waals surface area (Å²) in [7, 11) is 1.57. The van der Waals surface area contributed by atoms with E-state index in [2.05, 4.69) is 0 Å². The third kappa shape index (κ3) is 4.22. The maximum atomic E-state index is 12.4. The van der Waals surface area contributed by atoms with Gasteiger partial charge in [-0.1, -0.05) is 30.3 Å². The molecule has 0 radical (unpaired) electrons. The lowest BCUT2D eigenvalue weighted by molar-refractivity contribution is -0.384. The SMILES string of the molecule is CN1C(=O)[C@@H](CCC(=O)OCc2ccccc2)Oc2cc([N+](=O)[O-])ccc21. The lowest BCUT2D eigenvalue weighted by Crippen LogP contribution is -2.44. The molecule has 0 bridgehead atoms. The van der Waals surface area contributed by atoms with E-state index >= 15 is 0 Å². The van der Waals surface area contributed by atoms with Crippen molar-refractivity contribution in [1.29, 1.82) is 0 Å². The van der Waals surface area contributed by atoms with Crippen molar-refractivity contribution in [3.05, 3.63) is 64.2 Å². The Labute approximate surface area is 155 Å². The van der Waals surface area contributed by atoms with Gasteiger partial charge in [0.25, 0.3) is 11.6 Å². The van der Waals surface area contributed by atoms with E-state index in [9.17, 15) is 19.7 Å². The molecule has 8 heteroatoms. The highest BCUT2D eigenvalue weighted by Crippen LogP contribution is 2.36. The molecule has 3 rings (SSSR count). The molecule has 1 amide bonds. The summed E-state index contributed by atoms with van der Waals surface area (Å²) in [5.41, 5.74) is 1.20. The first-order valence-corrected chi connectivity index (χ1v) is 8.38. The van der Waals surface area contributed by atoms with Crippen LogP contribution in [0.25, 0.3) is 0 Å². The number of esters is 1. The van der Waals surface area contributed by atoms with Gasteiger partial charge in [-0.05, 0) is 11.6 Å². The Morgan fingerprint density at radius 2 is 2.00 bits per heavy atom. The van der Waals surface area contributed by atoms with Gasteiger partial charge in [-0.15, -0.1) is 0 Å². The molecule has 0 spiro atoms. The zero-order valence-corrected chi connectivity index (χ0v) is 14.7. The molecule has 2 aromatic carbocycles. The van der Waals surface area contributed by atoms with Gasteiger partial charge in [-0.3, -0.25) is 19.7 Å². The number of carbonyl (C=O) groups excluding carboxylic acids is 2. The fraction of sp³-hybridized carbons (Fsp3) is 0.263. The first kappa shape index (κ1) is 18.4. The predicted octanol–water partition coefficient (Wildman–Crippen LogP) is 2.84. The van der Waals surface area contributed by atoms with Gasteiger partial charge in [0, 0.05) is 26.0 Å². The van der Waals surface area contributed by atoms with Crippen LogP contribution in [0.2, 0.25) is 0 Å². The molecular formula is C19H18N2O6. The number of fused-ring (bicyclic) bond motifs is 1. The van der Waals surface area contributed by atoms with Crippen molar-refractivity contribution in [2.45, 2.75) is 25.6 Å². The maximum absolute atomic E-state index is 12.4. The molecule has 1 atom stereocenters. The van der Waals surface area contributed by atoms with Crippen molar-refractivity contribution in [2.24, 2.45) is 0 Å². The Morgan fingerprint density at radius 1 is 1.26 bits per heavy atom. The Bertz CT molecular complexity index is 868. The van der Waals surface area contributed by atoms with Crippen LogP contribution >= 0.6 is 0 Å². The van der Waals surface area contributed by atoms with E-state index in [0.717, 1.165) is 5.56 Å². The number of likely N-dealkylation sites (N-methyl/N-ethyl adjacent to an activating group) is 1. The molecule has 1 heterocycles. The van der Waals surface area contributed by atoms with Gasteiger partial charge in [0.2, 0.25) is 0 Å². The number of hydrogen-bond donors (Lipinski definition) is 0. The van der Waals surface area contributed by atoms with Crippen LogP contribution in [0.4, 0.5) is 11.4 Å². The van der Waals surface area contributed by atoms with E-state index < -0.39 is 17.0 Å². The summed E-state index contributed by atoms with van der Waals surface area (Å²) in [5.74, 6) is -0.510. The van der Waals surface area contributed by atoms with Crippen LogP contribution < -0.4 is 9.64 Å². The number of carbonyl (C=O) groups is 2. The summed E-state index contributed by atoms with van der Waals surface area (Å²) < 4.78 is 10.8. The highest BCUT2D eigenvalue weighted by Gasteiger charge is 2.33. The monoisotopic (exact) mass is 370 g/mol. The quantitative estimate of drug-likeness (QED) is 0.440. The van der Waals surface area contributed by atoms with E-state index in [1.807, 2.05) is 30.3 Å². The summed E-state index contributed by atoms with van der Waals surface area (Å²) in [6.45, 7) is 0.161. The highest BCUT2D eigenvalue weighted by molar-refractivity contribution is 5.99. The summed E-state index contributed by atoms with van der Waals surface area (Å²) in [4.78, 5) is 36.1. The number of anilines is 1. The van der Waals surface area contributed by atoms with Gasteiger partial charge in [-0.2, -0.15) is 0 Å². The smallest absolute Gasteiger partial charge is 0.306 e. The van der Waals surface area contributed by atoms with Crippen LogP contribution in [0, 0.1) is 10.1 Å². The van der Waals surface area contributed by atoms with Gasteiger partial charge in [0.05, 0.1) is 16.7 Å². The lowest BCUT2D eigenvalue weighted by atomic mass is 10.1. The van der Waals surface area contributed by atoms with Gasteiger partial charge in [0.1, 0.15) is 6.61 Å². The lowest BCUT2D eigenvalue weighted by Gasteiger charge is -2.31. The van der Waals surface area contributed by atoms with Crippen LogP contribution in [0.1, 0.15) is 18.4 Å². The third-order valence-electron chi connectivity index (χ3n) is 4.24. The maximum Gasteiger partial charge on any atom is 0.306 e. The molecule has 27 heavy (non-hydrogen) atoms. The fourth-order valence-corrected chi connectivity index (χ4v) is 2.77. The molecule has 140 valence electrons. The van der Waals surface area contributed by atoms with Crippen LogP contribution in [-0.4, -0.2) is 30.0 Å². The van der Waals surface area contributed by atoms with Crippen molar-refractivity contribution in [1.82, 2.24) is 0 Å². The van der Waals surface area contributed by atoms with Gasteiger partial charge < -0.3 is 14.4 Å². The minimum Gasteiger partial charge on any atom is -0.478 e. The Balaban J connectivity index is 1.60. The molecule has 0 N–H and O–H groups in total. The highest BCUT2D eigenvalue weighted by atomic mass is 16.6. The Kier molecular flexibility index (Phi) is 5.35. The average molecular weight is 370 g/mol. The van der Waals surface area contributed by atoms with Crippen molar-refractivity contribution in [3.8, 4) is 5.75 Å². The van der Waals surface area contributed by atoms with Gasteiger partial charge in [0.15, 0.2) is 11.9 Å². The number of non-ortho nitro benzene ring substituents is 1. The molecule has 1 aliphatic rings. The second kappa shape index (κ2) is 7.86. The van der Waals surface area contributed by atoms with Crippen molar-refractivity contribution in [3.63, 3.8) is 0 Å². The normalized spacial score (nSPS) is 15.7. The number of amides is 1. The van der Waals surface area contributed by atoms with Crippen LogP contribution in [-0.2, 0) is 20.9 Å². The molecular weight excluding hydrogens is 352 g/mol. The van der Waals surface area contributed by atoms with E-state index in [4.69, 9.17) is 9.47 Å². The number of hydrogen-bond acceptors (Lipinski definition) is 6. The van der Waals surface area contributed by atoms with E-state index in [0.29, 0.717) is 5.69 Å². The van der Waals surface area contributed by atoms with Crippen LogP contribution in [0.15, 0.2) is 48.5 Å². The molecule has 1 aliphatic heterocycles. The van der Waals surface area contributed by atoms with E-state index in [1.165, 1.54) is 23.1 Å². The number of rotatable bonds is 6. The zero-order valence-electron chi connectivity index (χ0n) is 14.7. The van der Waals surface area contributed by atoms with Crippen LogP contribution in [0.5, 0.6) is 5.75 Å². The van der Waals surface area contributed by atoms with E-state index in [1.54, 1.807) is 7.05 Å². The summed E-state index contributed by atoms with van der Waals surface area (Å²) in [5, 5.41) is 10.9.